The predicted octanol–water partition coefficient (Wildman–Crippen LogP) is 3.36. The van der Waals surface area contributed by atoms with Gasteiger partial charge in [-0.1, -0.05) is 27.7 Å². The molecule has 2 bridgehead atoms. The largest absolute Gasteiger partial charge is 0.494 e. The number of amides is 3. The summed E-state index contributed by atoms with van der Waals surface area (Å²) in [4.78, 5) is 43.2. The van der Waals surface area contributed by atoms with Gasteiger partial charge in [0.1, 0.15) is 17.4 Å². The Morgan fingerprint density at radius 1 is 1.15 bits per heavy atom. The zero-order valence-electron chi connectivity index (χ0n) is 24.6. The van der Waals surface area contributed by atoms with Crippen LogP contribution in [0.1, 0.15) is 68.2 Å². The smallest absolute Gasteiger partial charge is 0.246 e. The highest BCUT2D eigenvalue weighted by Crippen LogP contribution is 2.65. The summed E-state index contributed by atoms with van der Waals surface area (Å²) in [7, 11) is 0. The molecule has 3 aliphatic heterocycles. The number of β-amino-alcohol motifs (C(OH)–C–C–N with tert-alkyl or cyclic N) is 1. The first kappa shape index (κ1) is 29.3. The minimum Gasteiger partial charge on any atom is -0.494 e. The van der Waals surface area contributed by atoms with E-state index < -0.39 is 34.6 Å². The molecule has 6 atom stereocenters. The highest BCUT2D eigenvalue weighted by molar-refractivity contribution is 6.02. The number of carbonyl (C=O) groups excluding carboxylic acids is 3. The van der Waals surface area contributed by atoms with Crippen molar-refractivity contribution in [2.45, 2.75) is 91.0 Å². The second kappa shape index (κ2) is 10.1. The molecule has 0 saturated carbocycles. The van der Waals surface area contributed by atoms with Gasteiger partial charge in [-0.2, -0.15) is 0 Å². The molecule has 3 saturated heterocycles. The van der Waals surface area contributed by atoms with E-state index >= 15 is 0 Å². The Hall–Kier alpha value is -2.65. The second-order valence-corrected chi connectivity index (χ2v) is 13.5. The molecule has 0 aliphatic carbocycles. The fraction of sp³-hybridized carbons (Fsp3) is 0.700. The zero-order valence-corrected chi connectivity index (χ0v) is 24.6. The maximum absolute atomic E-state index is 14.0. The third-order valence-corrected chi connectivity index (χ3v) is 8.55. The molecule has 3 amide bonds. The molecule has 3 aliphatic rings. The van der Waals surface area contributed by atoms with Gasteiger partial charge in [0.15, 0.2) is 0 Å². The van der Waals surface area contributed by atoms with Crippen LogP contribution in [0, 0.1) is 23.2 Å². The number of rotatable bonds is 9. The summed E-state index contributed by atoms with van der Waals surface area (Å²) in [6, 6.07) is 6.16. The van der Waals surface area contributed by atoms with Crippen LogP contribution in [0.5, 0.6) is 5.75 Å². The lowest BCUT2D eigenvalue weighted by molar-refractivity contribution is -0.147. The van der Waals surface area contributed by atoms with E-state index in [9.17, 15) is 19.5 Å². The number of nitrogens with zero attached hydrogens (tertiary/aromatic N) is 1. The molecular formula is C30H45N3O6. The van der Waals surface area contributed by atoms with Crippen LogP contribution in [-0.2, 0) is 19.1 Å². The molecule has 1 spiro atoms. The number of hydrogen-bond acceptors (Lipinski definition) is 6. The van der Waals surface area contributed by atoms with Crippen LogP contribution >= 0.6 is 0 Å². The van der Waals surface area contributed by atoms with Gasteiger partial charge in [-0.25, -0.2) is 0 Å². The predicted molar refractivity (Wildman–Crippen MR) is 148 cm³/mol. The maximum Gasteiger partial charge on any atom is 0.246 e. The van der Waals surface area contributed by atoms with Crippen LogP contribution in [0.15, 0.2) is 24.3 Å². The first-order valence-corrected chi connectivity index (χ1v) is 14.1. The Morgan fingerprint density at radius 3 is 2.36 bits per heavy atom. The van der Waals surface area contributed by atoms with Crippen LogP contribution in [0.4, 0.5) is 5.69 Å². The molecule has 3 fully saturated rings. The summed E-state index contributed by atoms with van der Waals surface area (Å²) in [6.45, 7) is 16.3. The third-order valence-electron chi connectivity index (χ3n) is 8.55. The molecule has 9 heteroatoms. The first-order valence-electron chi connectivity index (χ1n) is 14.1. The number of nitrogens with one attached hydrogen (secondary N) is 2. The molecule has 0 aromatic heterocycles. The van der Waals surface area contributed by atoms with Gasteiger partial charge in [-0.3, -0.25) is 14.4 Å². The summed E-state index contributed by atoms with van der Waals surface area (Å²) in [5.41, 5.74) is -2.03. The Labute approximate surface area is 232 Å². The minimum absolute atomic E-state index is 0.00342. The number of carbonyl (C=O) groups is 3. The lowest BCUT2D eigenvalue weighted by Gasteiger charge is -2.38. The minimum atomic E-state index is -1.15. The Morgan fingerprint density at radius 2 is 1.79 bits per heavy atom. The molecule has 9 nitrogen and oxygen atoms in total. The van der Waals surface area contributed by atoms with Gasteiger partial charge >= 0.3 is 0 Å². The summed E-state index contributed by atoms with van der Waals surface area (Å²) in [6.07, 6.45) is 1.21. The number of aliphatic hydroxyl groups excluding tert-OH is 1. The highest BCUT2D eigenvalue weighted by atomic mass is 16.5. The summed E-state index contributed by atoms with van der Waals surface area (Å²) in [5.74, 6) is -1.92. The molecule has 3 N–H and O–H groups in total. The van der Waals surface area contributed by atoms with Crippen molar-refractivity contribution in [3.63, 3.8) is 0 Å². The monoisotopic (exact) mass is 543 g/mol. The normalized spacial score (nSPS) is 31.8. The molecule has 3 heterocycles. The number of likely N-dealkylation sites (tertiary alicyclic amines) is 1. The lowest BCUT2D eigenvalue weighted by Crippen LogP contribution is -2.59. The Balaban J connectivity index is 1.67. The third kappa shape index (κ3) is 5.15. The molecule has 1 aromatic rings. The summed E-state index contributed by atoms with van der Waals surface area (Å²) in [5, 5.41) is 16.0. The lowest BCUT2D eigenvalue weighted by atomic mass is 9.62. The second-order valence-electron chi connectivity index (χ2n) is 13.5. The quantitative estimate of drug-likeness (QED) is 0.440. The van der Waals surface area contributed by atoms with Gasteiger partial charge in [-0.15, -0.1) is 0 Å². The van der Waals surface area contributed by atoms with Crippen molar-refractivity contribution < 1.29 is 29.0 Å². The van der Waals surface area contributed by atoms with Gasteiger partial charge in [0.25, 0.3) is 0 Å². The number of benzene rings is 1. The fourth-order valence-corrected chi connectivity index (χ4v) is 7.58. The van der Waals surface area contributed by atoms with Gasteiger partial charge in [0, 0.05) is 17.8 Å². The molecule has 4 rings (SSSR count). The zero-order chi connectivity index (χ0) is 29.0. The van der Waals surface area contributed by atoms with Crippen LogP contribution in [0.25, 0.3) is 0 Å². The van der Waals surface area contributed by atoms with Crippen molar-refractivity contribution >= 4 is 23.4 Å². The van der Waals surface area contributed by atoms with Crippen molar-refractivity contribution in [3.05, 3.63) is 24.3 Å². The van der Waals surface area contributed by atoms with E-state index in [1.807, 2.05) is 34.6 Å². The van der Waals surface area contributed by atoms with E-state index in [1.54, 1.807) is 24.3 Å². The van der Waals surface area contributed by atoms with Crippen molar-refractivity contribution in [2.75, 3.05) is 25.1 Å². The van der Waals surface area contributed by atoms with Crippen LogP contribution in [-0.4, -0.2) is 70.3 Å². The number of aliphatic hydroxyl groups is 1. The molecule has 3 unspecified atom stereocenters. The van der Waals surface area contributed by atoms with E-state index in [1.165, 1.54) is 4.90 Å². The molecular weight excluding hydrogens is 498 g/mol. The summed E-state index contributed by atoms with van der Waals surface area (Å²) < 4.78 is 12.2. The van der Waals surface area contributed by atoms with E-state index in [2.05, 4.69) is 31.4 Å². The molecule has 1 aromatic carbocycles. The van der Waals surface area contributed by atoms with Crippen LogP contribution in [0.3, 0.4) is 0 Å². The van der Waals surface area contributed by atoms with Gasteiger partial charge < -0.3 is 30.1 Å². The van der Waals surface area contributed by atoms with Gasteiger partial charge in [0.2, 0.25) is 17.7 Å². The Bertz CT molecular complexity index is 1110. The van der Waals surface area contributed by atoms with Crippen molar-refractivity contribution in [2.24, 2.45) is 23.2 Å². The summed E-state index contributed by atoms with van der Waals surface area (Å²) >= 11 is 0. The Kier molecular flexibility index (Phi) is 7.58. The highest BCUT2D eigenvalue weighted by Gasteiger charge is 2.79. The number of anilines is 1. The fourth-order valence-electron chi connectivity index (χ4n) is 7.58. The maximum atomic E-state index is 14.0. The average Bonchev–Trinajstić information content (AvgIpc) is 3.30. The number of ether oxygens (including phenoxy) is 2. The average molecular weight is 544 g/mol. The molecule has 216 valence electrons. The molecule has 0 radical (unpaired) electrons. The van der Waals surface area contributed by atoms with E-state index in [0.717, 1.165) is 6.42 Å². The SMILES string of the molecule is CCOc1ccc(NC(=O)[C@H]2[C@H]3C(=O)N(CCO)C(C(=O)NC(C)(C)CC(C)(C)C)C34CC(C)[C@]2(C)O4)cc1. The first-order chi connectivity index (χ1) is 18.1. The standard InChI is InChI=1S/C30H45N3O6/c1-9-38-20-12-10-19(11-13-20)31-24(35)21-22-26(37)33(14-15-34)23(30(22)16-18(2)29(21,8)39-30)25(36)32-28(6,7)17-27(3,4)5/h10-13,18,21-23,34H,9,14-17H2,1-8H3,(H,31,35)(H,32,36)/t18?,21-,22+,23?,29+,30?/m1/s1. The van der Waals surface area contributed by atoms with E-state index in [0.29, 0.717) is 24.5 Å². The van der Waals surface area contributed by atoms with Crippen molar-refractivity contribution in [1.82, 2.24) is 10.2 Å². The van der Waals surface area contributed by atoms with Crippen molar-refractivity contribution in [3.8, 4) is 5.75 Å². The topological polar surface area (TPSA) is 117 Å². The van der Waals surface area contributed by atoms with Gasteiger partial charge in [0.05, 0.1) is 30.7 Å². The van der Waals surface area contributed by atoms with Crippen molar-refractivity contribution in [1.29, 1.82) is 0 Å². The molecule has 39 heavy (non-hydrogen) atoms. The van der Waals surface area contributed by atoms with Crippen LogP contribution < -0.4 is 15.4 Å². The van der Waals surface area contributed by atoms with E-state index in [-0.39, 0.29) is 42.2 Å². The number of hydrogen-bond donors (Lipinski definition) is 3. The number of fused-ring (bicyclic) bond motifs is 1. The van der Waals surface area contributed by atoms with Gasteiger partial charge in [-0.05, 0) is 76.1 Å². The van der Waals surface area contributed by atoms with Crippen LogP contribution in [0.2, 0.25) is 0 Å². The van der Waals surface area contributed by atoms with E-state index in [4.69, 9.17) is 9.47 Å².